The van der Waals surface area contributed by atoms with Gasteiger partial charge in [0.05, 0.1) is 11.8 Å². The van der Waals surface area contributed by atoms with E-state index in [1.807, 2.05) is 13.8 Å². The van der Waals surface area contributed by atoms with Gasteiger partial charge in [-0.3, -0.25) is 9.59 Å². The normalized spacial score (nSPS) is 37.2. The lowest BCUT2D eigenvalue weighted by molar-refractivity contribution is -0.140. The second-order valence-electron chi connectivity index (χ2n) is 6.85. The molecule has 4 heteroatoms. The number of nitrogens with one attached hydrogen (secondary N) is 1. The summed E-state index contributed by atoms with van der Waals surface area (Å²) in [6.07, 6.45) is 5.81. The molecule has 2 unspecified atom stereocenters. The minimum absolute atomic E-state index is 0.0591. The van der Waals surface area contributed by atoms with E-state index in [1.54, 1.807) is 0 Å². The monoisotopic (exact) mass is 267 g/mol. The minimum atomic E-state index is -0.848. The average Bonchev–Trinajstić information content (AvgIpc) is 2.94. The Bertz CT molecular complexity index is 378. The Hall–Kier alpha value is -1.06. The van der Waals surface area contributed by atoms with Crippen molar-refractivity contribution in [3.8, 4) is 0 Å². The van der Waals surface area contributed by atoms with Gasteiger partial charge < -0.3 is 10.4 Å². The van der Waals surface area contributed by atoms with Gasteiger partial charge in [0.2, 0.25) is 5.91 Å². The molecule has 0 heterocycles. The molecule has 0 radical (unpaired) electrons. The molecule has 0 aromatic heterocycles. The Balaban J connectivity index is 1.96. The molecule has 2 saturated carbocycles. The molecule has 2 aliphatic rings. The number of amides is 1. The number of hydrogen-bond donors (Lipinski definition) is 2. The second-order valence-corrected chi connectivity index (χ2v) is 6.85. The lowest BCUT2D eigenvalue weighted by Crippen LogP contribution is -2.40. The number of carboxylic acids is 1. The van der Waals surface area contributed by atoms with Crippen LogP contribution in [0.5, 0.6) is 0 Å². The van der Waals surface area contributed by atoms with Crippen molar-refractivity contribution >= 4 is 11.9 Å². The zero-order valence-electron chi connectivity index (χ0n) is 12.1. The maximum Gasteiger partial charge on any atom is 0.307 e. The molecule has 108 valence electrons. The van der Waals surface area contributed by atoms with Crippen LogP contribution in [0.4, 0.5) is 0 Å². The van der Waals surface area contributed by atoms with Crippen LogP contribution in [0.15, 0.2) is 0 Å². The highest BCUT2D eigenvalue weighted by Crippen LogP contribution is 2.58. The Labute approximate surface area is 115 Å². The van der Waals surface area contributed by atoms with E-state index in [0.29, 0.717) is 5.92 Å². The molecule has 1 amide bonds. The van der Waals surface area contributed by atoms with Crippen molar-refractivity contribution in [1.82, 2.24) is 5.32 Å². The van der Waals surface area contributed by atoms with Gasteiger partial charge in [0.1, 0.15) is 0 Å². The summed E-state index contributed by atoms with van der Waals surface area (Å²) >= 11 is 0. The van der Waals surface area contributed by atoms with Crippen molar-refractivity contribution in [1.29, 1.82) is 0 Å². The summed E-state index contributed by atoms with van der Waals surface area (Å²) in [4.78, 5) is 23.4. The molecule has 0 aromatic rings. The lowest BCUT2D eigenvalue weighted by atomic mass is 9.96. The Kier molecular flexibility index (Phi) is 3.88. The zero-order chi connectivity index (χ0) is 14.2. The van der Waals surface area contributed by atoms with Gasteiger partial charge in [0, 0.05) is 6.04 Å². The molecular weight excluding hydrogens is 242 g/mol. The van der Waals surface area contributed by atoms with Gasteiger partial charge in [-0.1, -0.05) is 40.0 Å². The number of carbonyl (C=O) groups is 2. The van der Waals surface area contributed by atoms with E-state index in [-0.39, 0.29) is 17.9 Å². The largest absolute Gasteiger partial charge is 0.481 e. The summed E-state index contributed by atoms with van der Waals surface area (Å²) in [5.41, 5.74) is -0.399. The molecule has 2 N–H and O–H groups in total. The third-order valence-corrected chi connectivity index (χ3v) is 5.07. The summed E-state index contributed by atoms with van der Waals surface area (Å²) in [6.45, 7) is 5.92. The van der Waals surface area contributed by atoms with Crippen LogP contribution >= 0.6 is 0 Å². The molecule has 0 aromatic carbocycles. The maximum absolute atomic E-state index is 12.3. The van der Waals surface area contributed by atoms with Crippen molar-refractivity contribution in [2.45, 2.75) is 58.9 Å². The summed E-state index contributed by atoms with van der Waals surface area (Å²) < 4.78 is 0. The number of hydrogen-bond acceptors (Lipinski definition) is 2. The molecule has 0 saturated heterocycles. The Morgan fingerprint density at radius 1 is 1.11 bits per heavy atom. The van der Waals surface area contributed by atoms with E-state index in [9.17, 15) is 9.59 Å². The fraction of sp³-hybridized carbons (Fsp3) is 0.867. The van der Waals surface area contributed by atoms with Crippen LogP contribution in [0.3, 0.4) is 0 Å². The fourth-order valence-electron chi connectivity index (χ4n) is 3.57. The standard InChI is InChI=1S/C15H25NO3/c1-9-7-5-4-6-8-10(9)16-13(17)11-12(14(18)19)15(11,2)3/h9-12H,4-8H2,1-3H3,(H,16,17)(H,18,19)/t9?,10?,11-,12+/m1/s1. The fourth-order valence-corrected chi connectivity index (χ4v) is 3.57. The number of carboxylic acid groups (broad SMARTS) is 1. The molecule has 0 aliphatic heterocycles. The van der Waals surface area contributed by atoms with Gasteiger partial charge in [-0.05, 0) is 24.2 Å². The first-order chi connectivity index (χ1) is 8.85. The van der Waals surface area contributed by atoms with Crippen LogP contribution in [-0.2, 0) is 9.59 Å². The number of rotatable bonds is 3. The van der Waals surface area contributed by atoms with E-state index in [1.165, 1.54) is 12.8 Å². The summed E-state index contributed by atoms with van der Waals surface area (Å²) in [6, 6.07) is 0.223. The average molecular weight is 267 g/mol. The van der Waals surface area contributed by atoms with Crippen molar-refractivity contribution in [2.24, 2.45) is 23.2 Å². The van der Waals surface area contributed by atoms with Gasteiger partial charge in [0.15, 0.2) is 0 Å². The molecule has 2 rings (SSSR count). The first kappa shape index (κ1) is 14.4. The van der Waals surface area contributed by atoms with Gasteiger partial charge in [0.25, 0.3) is 0 Å². The Morgan fingerprint density at radius 2 is 1.74 bits per heavy atom. The molecule has 4 nitrogen and oxygen atoms in total. The first-order valence-corrected chi connectivity index (χ1v) is 7.39. The summed E-state index contributed by atoms with van der Waals surface area (Å²) in [5.74, 6) is -1.29. The van der Waals surface area contributed by atoms with Crippen molar-refractivity contribution < 1.29 is 14.7 Å². The highest BCUT2D eigenvalue weighted by atomic mass is 16.4. The smallest absolute Gasteiger partial charge is 0.307 e. The van der Waals surface area contributed by atoms with Crippen LogP contribution in [0.1, 0.15) is 52.9 Å². The zero-order valence-corrected chi connectivity index (χ0v) is 12.1. The molecule has 4 atom stereocenters. The van der Waals surface area contributed by atoms with Crippen molar-refractivity contribution in [3.05, 3.63) is 0 Å². The highest BCUT2D eigenvalue weighted by molar-refractivity contribution is 5.91. The SMILES string of the molecule is CC1CCCCCC1NC(=O)[C@H]1[C@@H](C(=O)O)C1(C)C. The van der Waals surface area contributed by atoms with Crippen LogP contribution in [-0.4, -0.2) is 23.0 Å². The van der Waals surface area contributed by atoms with Gasteiger partial charge in [-0.2, -0.15) is 0 Å². The van der Waals surface area contributed by atoms with Crippen LogP contribution in [0, 0.1) is 23.2 Å². The van der Waals surface area contributed by atoms with E-state index < -0.39 is 17.3 Å². The van der Waals surface area contributed by atoms with Crippen molar-refractivity contribution in [2.75, 3.05) is 0 Å². The molecule has 0 bridgehead atoms. The number of carbonyl (C=O) groups excluding carboxylic acids is 1. The second kappa shape index (κ2) is 5.14. The van der Waals surface area contributed by atoms with E-state index >= 15 is 0 Å². The quantitative estimate of drug-likeness (QED) is 0.772. The van der Waals surface area contributed by atoms with Crippen LogP contribution < -0.4 is 5.32 Å². The number of aliphatic carboxylic acids is 1. The predicted octanol–water partition coefficient (Wildman–Crippen LogP) is 2.43. The predicted molar refractivity (Wildman–Crippen MR) is 72.6 cm³/mol. The van der Waals surface area contributed by atoms with E-state index in [2.05, 4.69) is 12.2 Å². The topological polar surface area (TPSA) is 66.4 Å². The Morgan fingerprint density at radius 3 is 2.32 bits per heavy atom. The molecule has 19 heavy (non-hydrogen) atoms. The van der Waals surface area contributed by atoms with E-state index in [0.717, 1.165) is 19.3 Å². The van der Waals surface area contributed by atoms with E-state index in [4.69, 9.17) is 5.11 Å². The van der Waals surface area contributed by atoms with Gasteiger partial charge in [-0.15, -0.1) is 0 Å². The summed E-state index contributed by atoms with van der Waals surface area (Å²) in [5, 5.41) is 12.2. The highest BCUT2D eigenvalue weighted by Gasteiger charge is 2.66. The first-order valence-electron chi connectivity index (χ1n) is 7.39. The molecule has 2 fully saturated rings. The maximum atomic E-state index is 12.3. The third kappa shape index (κ3) is 2.77. The van der Waals surface area contributed by atoms with Gasteiger partial charge in [-0.25, -0.2) is 0 Å². The summed E-state index contributed by atoms with van der Waals surface area (Å²) in [7, 11) is 0. The minimum Gasteiger partial charge on any atom is -0.481 e. The third-order valence-electron chi connectivity index (χ3n) is 5.07. The molecule has 0 spiro atoms. The molecular formula is C15H25NO3. The lowest BCUT2D eigenvalue weighted by Gasteiger charge is -2.23. The van der Waals surface area contributed by atoms with Gasteiger partial charge >= 0.3 is 5.97 Å². The van der Waals surface area contributed by atoms with Crippen LogP contribution in [0.25, 0.3) is 0 Å². The van der Waals surface area contributed by atoms with Crippen molar-refractivity contribution in [3.63, 3.8) is 0 Å². The molecule has 2 aliphatic carbocycles. The van der Waals surface area contributed by atoms with Crippen LogP contribution in [0.2, 0.25) is 0 Å².